The fraction of sp³-hybridized carbons (Fsp3) is 0.364. The van der Waals surface area contributed by atoms with Gasteiger partial charge in [0.05, 0.1) is 16.5 Å². The number of aromatic hydroxyl groups is 1. The number of anilines is 1. The molecule has 0 bridgehead atoms. The average molecular weight is 253 g/mol. The third-order valence-corrected chi connectivity index (χ3v) is 2.68. The highest BCUT2D eigenvalue weighted by atomic mass is 16.6. The standard InChI is InChI=1S/C11H15N3O4/c1-3-11(2,12)10(16)13-8-5-4-7(15)6-9(8)14(17)18/h4-6,15H,3,12H2,1-2H3,(H,13,16). The second kappa shape index (κ2) is 5.01. The minimum atomic E-state index is -1.11. The van der Waals surface area contributed by atoms with Crippen molar-refractivity contribution in [2.45, 2.75) is 25.8 Å². The van der Waals surface area contributed by atoms with Crippen LogP contribution in [0.3, 0.4) is 0 Å². The second-order valence-corrected chi connectivity index (χ2v) is 4.18. The Morgan fingerprint density at radius 3 is 2.72 bits per heavy atom. The third-order valence-electron chi connectivity index (χ3n) is 2.68. The van der Waals surface area contributed by atoms with Gasteiger partial charge in [-0.2, -0.15) is 0 Å². The van der Waals surface area contributed by atoms with E-state index in [2.05, 4.69) is 5.32 Å². The Balaban J connectivity index is 3.05. The van der Waals surface area contributed by atoms with E-state index in [1.165, 1.54) is 19.1 Å². The van der Waals surface area contributed by atoms with Gasteiger partial charge >= 0.3 is 0 Å². The van der Waals surface area contributed by atoms with Crippen LogP contribution in [0.1, 0.15) is 20.3 Å². The van der Waals surface area contributed by atoms with Crippen LogP contribution in [-0.2, 0) is 4.79 Å². The molecule has 1 rings (SSSR count). The van der Waals surface area contributed by atoms with Crippen molar-refractivity contribution < 1.29 is 14.8 Å². The molecule has 0 saturated heterocycles. The van der Waals surface area contributed by atoms with E-state index in [4.69, 9.17) is 5.73 Å². The molecule has 98 valence electrons. The van der Waals surface area contributed by atoms with Crippen molar-refractivity contribution in [1.29, 1.82) is 0 Å². The highest BCUT2D eigenvalue weighted by Gasteiger charge is 2.28. The first kappa shape index (κ1) is 13.9. The van der Waals surface area contributed by atoms with Gasteiger partial charge in [0.1, 0.15) is 11.4 Å². The number of phenolic OH excluding ortho intramolecular Hbond substituents is 1. The van der Waals surface area contributed by atoms with E-state index in [9.17, 15) is 20.0 Å². The molecule has 7 heteroatoms. The van der Waals surface area contributed by atoms with E-state index < -0.39 is 16.4 Å². The van der Waals surface area contributed by atoms with Crippen LogP contribution in [0, 0.1) is 10.1 Å². The Morgan fingerprint density at radius 2 is 2.22 bits per heavy atom. The van der Waals surface area contributed by atoms with Crippen molar-refractivity contribution in [1.82, 2.24) is 0 Å². The van der Waals surface area contributed by atoms with Crippen LogP contribution in [0.5, 0.6) is 5.75 Å². The average Bonchev–Trinajstić information content (AvgIpc) is 2.31. The number of phenols is 1. The van der Waals surface area contributed by atoms with E-state index in [-0.39, 0.29) is 17.1 Å². The predicted molar refractivity (Wildman–Crippen MR) is 66.3 cm³/mol. The van der Waals surface area contributed by atoms with Gasteiger partial charge in [0.15, 0.2) is 0 Å². The Morgan fingerprint density at radius 1 is 1.61 bits per heavy atom. The number of hydrogen-bond donors (Lipinski definition) is 3. The number of nitrogens with two attached hydrogens (primary N) is 1. The van der Waals surface area contributed by atoms with Gasteiger partial charge in [-0.1, -0.05) is 6.92 Å². The van der Waals surface area contributed by atoms with Gasteiger partial charge in [0.25, 0.3) is 5.69 Å². The molecule has 0 spiro atoms. The summed E-state index contributed by atoms with van der Waals surface area (Å²) in [5.74, 6) is -0.760. The van der Waals surface area contributed by atoms with Crippen LogP contribution >= 0.6 is 0 Å². The van der Waals surface area contributed by atoms with Gasteiger partial charge in [-0.25, -0.2) is 0 Å². The van der Waals surface area contributed by atoms with Crippen molar-refractivity contribution in [3.05, 3.63) is 28.3 Å². The van der Waals surface area contributed by atoms with E-state index in [0.717, 1.165) is 6.07 Å². The molecule has 1 aromatic rings. The van der Waals surface area contributed by atoms with Crippen LogP contribution in [0.15, 0.2) is 18.2 Å². The summed E-state index contributed by atoms with van der Waals surface area (Å²) in [6.07, 6.45) is 0.394. The van der Waals surface area contributed by atoms with Crippen molar-refractivity contribution in [3.63, 3.8) is 0 Å². The van der Waals surface area contributed by atoms with Crippen LogP contribution in [-0.4, -0.2) is 21.5 Å². The summed E-state index contributed by atoms with van der Waals surface area (Å²) in [5, 5.41) is 22.4. The molecular formula is C11H15N3O4. The predicted octanol–water partition coefficient (Wildman–Crippen LogP) is 1.37. The lowest BCUT2D eigenvalue weighted by Gasteiger charge is -2.21. The molecular weight excluding hydrogens is 238 g/mol. The van der Waals surface area contributed by atoms with Crippen LogP contribution < -0.4 is 11.1 Å². The molecule has 1 atom stereocenters. The maximum absolute atomic E-state index is 11.8. The van der Waals surface area contributed by atoms with E-state index in [1.54, 1.807) is 6.92 Å². The zero-order chi connectivity index (χ0) is 13.9. The molecule has 1 unspecified atom stereocenters. The number of rotatable bonds is 4. The minimum Gasteiger partial charge on any atom is -0.508 e. The lowest BCUT2D eigenvalue weighted by molar-refractivity contribution is -0.384. The van der Waals surface area contributed by atoms with Gasteiger partial charge < -0.3 is 16.2 Å². The lowest BCUT2D eigenvalue weighted by Crippen LogP contribution is -2.47. The van der Waals surface area contributed by atoms with E-state index >= 15 is 0 Å². The van der Waals surface area contributed by atoms with Gasteiger partial charge in [-0.15, -0.1) is 0 Å². The van der Waals surface area contributed by atoms with Crippen LogP contribution in [0.2, 0.25) is 0 Å². The van der Waals surface area contributed by atoms with Gasteiger partial charge in [-0.3, -0.25) is 14.9 Å². The first-order chi connectivity index (χ1) is 8.27. The molecule has 0 heterocycles. The maximum atomic E-state index is 11.8. The van der Waals surface area contributed by atoms with E-state index in [1.807, 2.05) is 0 Å². The summed E-state index contributed by atoms with van der Waals surface area (Å²) in [5.41, 5.74) is 4.25. The first-order valence-corrected chi connectivity index (χ1v) is 5.35. The summed E-state index contributed by atoms with van der Waals surface area (Å²) in [4.78, 5) is 21.9. The number of amides is 1. The van der Waals surface area contributed by atoms with Gasteiger partial charge in [0.2, 0.25) is 5.91 Å². The smallest absolute Gasteiger partial charge is 0.296 e. The molecule has 1 amide bonds. The fourth-order valence-electron chi connectivity index (χ4n) is 1.20. The number of carbonyl (C=O) groups excluding carboxylic acids is 1. The molecule has 0 radical (unpaired) electrons. The zero-order valence-corrected chi connectivity index (χ0v) is 10.1. The fourth-order valence-corrected chi connectivity index (χ4v) is 1.20. The molecule has 0 aliphatic carbocycles. The number of nitrogens with one attached hydrogen (secondary N) is 1. The number of benzene rings is 1. The molecule has 1 aromatic carbocycles. The Labute approximate surface area is 104 Å². The SMILES string of the molecule is CCC(C)(N)C(=O)Nc1ccc(O)cc1[N+](=O)[O-]. The van der Waals surface area contributed by atoms with Gasteiger partial charge in [0, 0.05) is 0 Å². The van der Waals surface area contributed by atoms with Crippen molar-refractivity contribution in [2.75, 3.05) is 5.32 Å². The topological polar surface area (TPSA) is 118 Å². The summed E-state index contributed by atoms with van der Waals surface area (Å²) in [7, 11) is 0. The molecule has 0 aromatic heterocycles. The van der Waals surface area contributed by atoms with Crippen molar-refractivity contribution in [3.8, 4) is 5.75 Å². The summed E-state index contributed by atoms with van der Waals surface area (Å²) >= 11 is 0. The minimum absolute atomic E-state index is 0.00734. The zero-order valence-electron chi connectivity index (χ0n) is 10.1. The quantitative estimate of drug-likeness (QED) is 0.425. The number of nitrogens with zero attached hydrogens (tertiary/aromatic N) is 1. The Hall–Kier alpha value is -2.15. The molecule has 4 N–H and O–H groups in total. The maximum Gasteiger partial charge on any atom is 0.296 e. The molecule has 0 fully saturated rings. The normalized spacial score (nSPS) is 13.7. The molecule has 0 aliphatic heterocycles. The number of carbonyl (C=O) groups is 1. The Kier molecular flexibility index (Phi) is 3.87. The monoisotopic (exact) mass is 253 g/mol. The number of nitro groups is 1. The summed E-state index contributed by atoms with van der Waals surface area (Å²) < 4.78 is 0. The molecule has 0 aliphatic rings. The first-order valence-electron chi connectivity index (χ1n) is 5.35. The number of nitro benzene ring substituents is 1. The highest BCUT2D eigenvalue weighted by Crippen LogP contribution is 2.28. The van der Waals surface area contributed by atoms with Crippen LogP contribution in [0.25, 0.3) is 0 Å². The van der Waals surface area contributed by atoms with Crippen molar-refractivity contribution >= 4 is 17.3 Å². The van der Waals surface area contributed by atoms with Crippen LogP contribution in [0.4, 0.5) is 11.4 Å². The molecule has 18 heavy (non-hydrogen) atoms. The molecule has 0 saturated carbocycles. The van der Waals surface area contributed by atoms with Gasteiger partial charge in [-0.05, 0) is 25.5 Å². The summed E-state index contributed by atoms with van der Waals surface area (Å²) in [6, 6.07) is 3.48. The Bertz CT molecular complexity index is 485. The molecule has 7 nitrogen and oxygen atoms in total. The summed E-state index contributed by atoms with van der Waals surface area (Å²) in [6.45, 7) is 3.28. The third kappa shape index (κ3) is 2.95. The van der Waals surface area contributed by atoms with Crippen molar-refractivity contribution in [2.24, 2.45) is 5.73 Å². The highest BCUT2D eigenvalue weighted by molar-refractivity contribution is 5.99. The largest absolute Gasteiger partial charge is 0.508 e. The lowest BCUT2D eigenvalue weighted by atomic mass is 9.99. The second-order valence-electron chi connectivity index (χ2n) is 4.18. The number of hydrogen-bond acceptors (Lipinski definition) is 5. The van der Waals surface area contributed by atoms with E-state index in [0.29, 0.717) is 6.42 Å².